The van der Waals surface area contributed by atoms with Crippen molar-refractivity contribution in [3.8, 4) is 11.1 Å². The molecule has 0 radical (unpaired) electrons. The molecule has 16 heavy (non-hydrogen) atoms. The Bertz CT molecular complexity index is 471. The molecule has 0 spiro atoms. The number of nitrogens with two attached hydrogens (primary N) is 1. The van der Waals surface area contributed by atoms with Crippen molar-refractivity contribution in [3.05, 3.63) is 46.2 Å². The highest BCUT2D eigenvalue weighted by molar-refractivity contribution is 9.10. The summed E-state index contributed by atoms with van der Waals surface area (Å²) < 4.78 is 1.10. The first-order chi connectivity index (χ1) is 7.70. The average molecular weight is 279 g/mol. The van der Waals surface area contributed by atoms with Gasteiger partial charge in [-0.25, -0.2) is 0 Å². The Kier molecular flexibility index (Phi) is 3.46. The smallest absolute Gasteiger partial charge is 0.0241 e. The van der Waals surface area contributed by atoms with Crippen molar-refractivity contribution in [2.75, 3.05) is 6.54 Å². The van der Waals surface area contributed by atoms with Gasteiger partial charge in [-0.15, -0.1) is 0 Å². The first-order valence-electron chi connectivity index (χ1n) is 5.35. The minimum Gasteiger partial charge on any atom is -0.362 e. The SMILES string of the molecule is Cc1cc(-c2ccc(Br)cc2)c(CCN)[nH]1. The van der Waals surface area contributed by atoms with Crippen LogP contribution in [0.25, 0.3) is 11.1 Å². The third-order valence-electron chi connectivity index (χ3n) is 2.58. The molecule has 0 atom stereocenters. The highest BCUT2D eigenvalue weighted by Gasteiger charge is 2.07. The van der Waals surface area contributed by atoms with Crippen LogP contribution < -0.4 is 5.73 Å². The van der Waals surface area contributed by atoms with E-state index in [-0.39, 0.29) is 0 Å². The van der Waals surface area contributed by atoms with Gasteiger partial charge < -0.3 is 10.7 Å². The Morgan fingerprint density at radius 1 is 1.25 bits per heavy atom. The van der Waals surface area contributed by atoms with E-state index in [1.807, 2.05) is 0 Å². The van der Waals surface area contributed by atoms with Gasteiger partial charge in [-0.05, 0) is 37.2 Å². The summed E-state index contributed by atoms with van der Waals surface area (Å²) in [7, 11) is 0. The van der Waals surface area contributed by atoms with Crippen LogP contribution in [-0.2, 0) is 6.42 Å². The maximum atomic E-state index is 5.61. The third kappa shape index (κ3) is 2.36. The van der Waals surface area contributed by atoms with E-state index in [1.54, 1.807) is 0 Å². The lowest BCUT2D eigenvalue weighted by atomic mass is 10.0. The van der Waals surface area contributed by atoms with Gasteiger partial charge in [-0.2, -0.15) is 0 Å². The zero-order valence-corrected chi connectivity index (χ0v) is 10.8. The fraction of sp³-hybridized carbons (Fsp3) is 0.231. The molecule has 0 aliphatic heterocycles. The molecule has 3 N–H and O–H groups in total. The van der Waals surface area contributed by atoms with Crippen LogP contribution in [0.15, 0.2) is 34.8 Å². The molecule has 1 aromatic heterocycles. The van der Waals surface area contributed by atoms with Gasteiger partial charge in [0.25, 0.3) is 0 Å². The Balaban J connectivity index is 2.42. The van der Waals surface area contributed by atoms with Crippen LogP contribution >= 0.6 is 15.9 Å². The number of hydrogen-bond acceptors (Lipinski definition) is 1. The Hall–Kier alpha value is -1.06. The van der Waals surface area contributed by atoms with Gasteiger partial charge in [0.15, 0.2) is 0 Å². The minimum atomic E-state index is 0.670. The molecule has 2 aromatic rings. The Morgan fingerprint density at radius 2 is 1.94 bits per heavy atom. The van der Waals surface area contributed by atoms with E-state index in [0.29, 0.717) is 6.54 Å². The second-order valence-corrected chi connectivity index (χ2v) is 4.81. The zero-order chi connectivity index (χ0) is 11.5. The summed E-state index contributed by atoms with van der Waals surface area (Å²) in [5, 5.41) is 0. The van der Waals surface area contributed by atoms with Crippen molar-refractivity contribution < 1.29 is 0 Å². The summed E-state index contributed by atoms with van der Waals surface area (Å²) in [5.74, 6) is 0. The quantitative estimate of drug-likeness (QED) is 0.889. The molecule has 0 aliphatic carbocycles. The maximum absolute atomic E-state index is 5.61. The highest BCUT2D eigenvalue weighted by Crippen LogP contribution is 2.26. The lowest BCUT2D eigenvalue weighted by molar-refractivity contribution is 0.931. The lowest BCUT2D eigenvalue weighted by Gasteiger charge is -2.03. The second-order valence-electron chi connectivity index (χ2n) is 3.89. The van der Waals surface area contributed by atoms with E-state index < -0.39 is 0 Å². The van der Waals surface area contributed by atoms with E-state index in [9.17, 15) is 0 Å². The summed E-state index contributed by atoms with van der Waals surface area (Å²) in [6.45, 7) is 2.74. The lowest BCUT2D eigenvalue weighted by Crippen LogP contribution is -2.03. The van der Waals surface area contributed by atoms with Crippen LogP contribution in [0.4, 0.5) is 0 Å². The number of rotatable bonds is 3. The van der Waals surface area contributed by atoms with Gasteiger partial charge >= 0.3 is 0 Å². The van der Waals surface area contributed by atoms with E-state index >= 15 is 0 Å². The van der Waals surface area contributed by atoms with Crippen molar-refractivity contribution >= 4 is 15.9 Å². The first-order valence-corrected chi connectivity index (χ1v) is 6.14. The third-order valence-corrected chi connectivity index (χ3v) is 3.11. The standard InChI is InChI=1S/C13H15BrN2/c1-9-8-12(13(16-9)6-7-15)10-2-4-11(14)5-3-10/h2-5,8,16H,6-7,15H2,1H3. The van der Waals surface area contributed by atoms with Crippen LogP contribution in [0.5, 0.6) is 0 Å². The topological polar surface area (TPSA) is 41.8 Å². The minimum absolute atomic E-state index is 0.670. The molecular formula is C13H15BrN2. The number of aryl methyl sites for hydroxylation is 1. The summed E-state index contributed by atoms with van der Waals surface area (Å²) in [5.41, 5.74) is 10.5. The molecule has 0 unspecified atom stereocenters. The largest absolute Gasteiger partial charge is 0.362 e. The van der Waals surface area contributed by atoms with Crippen molar-refractivity contribution in [1.82, 2.24) is 4.98 Å². The molecule has 0 fully saturated rings. The molecule has 0 amide bonds. The number of aromatic nitrogens is 1. The maximum Gasteiger partial charge on any atom is 0.0241 e. The number of hydrogen-bond donors (Lipinski definition) is 2. The number of benzene rings is 1. The van der Waals surface area contributed by atoms with Crippen molar-refractivity contribution in [3.63, 3.8) is 0 Å². The number of aromatic amines is 1. The summed E-state index contributed by atoms with van der Waals surface area (Å²) in [6, 6.07) is 10.5. The van der Waals surface area contributed by atoms with Crippen molar-refractivity contribution in [2.24, 2.45) is 5.73 Å². The normalized spacial score (nSPS) is 10.7. The molecule has 1 aromatic carbocycles. The molecule has 0 saturated heterocycles. The van der Waals surface area contributed by atoms with Gasteiger partial charge in [0, 0.05) is 27.8 Å². The molecule has 2 nitrogen and oxygen atoms in total. The predicted octanol–water partition coefficient (Wildman–Crippen LogP) is 3.25. The van der Waals surface area contributed by atoms with Crippen molar-refractivity contribution in [2.45, 2.75) is 13.3 Å². The van der Waals surface area contributed by atoms with Crippen LogP contribution in [-0.4, -0.2) is 11.5 Å². The number of halogens is 1. The Labute approximate surface area is 104 Å². The predicted molar refractivity (Wildman–Crippen MR) is 71.4 cm³/mol. The van der Waals surface area contributed by atoms with Gasteiger partial charge in [0.05, 0.1) is 0 Å². The molecule has 84 valence electrons. The Morgan fingerprint density at radius 3 is 2.56 bits per heavy atom. The monoisotopic (exact) mass is 278 g/mol. The van der Waals surface area contributed by atoms with E-state index in [4.69, 9.17) is 5.73 Å². The van der Waals surface area contributed by atoms with Crippen LogP contribution in [0, 0.1) is 6.92 Å². The number of nitrogens with one attached hydrogen (secondary N) is 1. The fourth-order valence-corrected chi connectivity index (χ4v) is 2.14. The van der Waals surface area contributed by atoms with Crippen LogP contribution in [0.3, 0.4) is 0 Å². The van der Waals surface area contributed by atoms with E-state index in [2.05, 4.69) is 58.2 Å². The second kappa shape index (κ2) is 4.85. The summed E-state index contributed by atoms with van der Waals surface area (Å²) >= 11 is 3.44. The molecule has 0 bridgehead atoms. The van der Waals surface area contributed by atoms with E-state index in [1.165, 1.54) is 22.5 Å². The molecule has 1 heterocycles. The van der Waals surface area contributed by atoms with Crippen LogP contribution in [0.1, 0.15) is 11.4 Å². The van der Waals surface area contributed by atoms with Crippen LogP contribution in [0.2, 0.25) is 0 Å². The zero-order valence-electron chi connectivity index (χ0n) is 9.26. The van der Waals surface area contributed by atoms with Gasteiger partial charge in [0.1, 0.15) is 0 Å². The average Bonchev–Trinajstić information content (AvgIpc) is 2.61. The van der Waals surface area contributed by atoms with Gasteiger partial charge in [-0.3, -0.25) is 0 Å². The van der Waals surface area contributed by atoms with Gasteiger partial charge in [-0.1, -0.05) is 28.1 Å². The molecule has 3 heteroatoms. The highest BCUT2D eigenvalue weighted by atomic mass is 79.9. The molecule has 0 aliphatic rings. The fourth-order valence-electron chi connectivity index (χ4n) is 1.87. The number of H-pyrrole nitrogens is 1. The van der Waals surface area contributed by atoms with Gasteiger partial charge in [0.2, 0.25) is 0 Å². The van der Waals surface area contributed by atoms with Crippen molar-refractivity contribution in [1.29, 1.82) is 0 Å². The molecular weight excluding hydrogens is 264 g/mol. The van der Waals surface area contributed by atoms with E-state index in [0.717, 1.165) is 10.9 Å². The summed E-state index contributed by atoms with van der Waals surface area (Å²) in [4.78, 5) is 3.37. The summed E-state index contributed by atoms with van der Waals surface area (Å²) in [6.07, 6.45) is 0.888. The molecule has 0 saturated carbocycles. The first kappa shape index (κ1) is 11.4. The molecule has 2 rings (SSSR count).